The minimum Gasteiger partial charge on any atom is -0.478 e. The first kappa shape index (κ1) is 24.4. The summed E-state index contributed by atoms with van der Waals surface area (Å²) in [5, 5.41) is 8.82. The van der Waals surface area contributed by atoms with Crippen molar-refractivity contribution in [1.82, 2.24) is 0 Å². The van der Waals surface area contributed by atoms with Gasteiger partial charge >= 0.3 is 5.97 Å². The van der Waals surface area contributed by atoms with Gasteiger partial charge in [-0.05, 0) is 30.9 Å². The quantitative estimate of drug-likeness (QED) is 0.218. The fourth-order valence-electron chi connectivity index (χ4n) is 3.75. The number of carboxylic acid groups (broad SMARTS) is 1. The molecule has 0 fully saturated rings. The molecule has 2 aromatic carbocycles. The van der Waals surface area contributed by atoms with Crippen molar-refractivity contribution in [3.05, 3.63) is 54.8 Å². The van der Waals surface area contributed by atoms with Crippen LogP contribution in [0.4, 0.5) is 15.8 Å². The third kappa shape index (κ3) is 5.23. The highest BCUT2D eigenvalue weighted by Crippen LogP contribution is 2.63. The third-order valence-corrected chi connectivity index (χ3v) is 8.11. The molecule has 3 N–H and O–H groups in total. The summed E-state index contributed by atoms with van der Waals surface area (Å²) in [6, 6.07) is 12.6. The van der Waals surface area contributed by atoms with Gasteiger partial charge in [0.05, 0.1) is 27.8 Å². The summed E-state index contributed by atoms with van der Waals surface area (Å²) in [5.41, 5.74) is -0.494. The Morgan fingerprint density at radius 3 is 2.66 bits per heavy atom. The Hall–Kier alpha value is -2.20. The molecule has 6 nitrogen and oxygen atoms in total. The normalized spacial score (nSPS) is 21.1. The van der Waals surface area contributed by atoms with Gasteiger partial charge in [-0.2, -0.15) is 0 Å². The third-order valence-electron chi connectivity index (χ3n) is 5.36. The molecule has 1 heterocycles. The van der Waals surface area contributed by atoms with Crippen LogP contribution in [0.1, 0.15) is 26.2 Å². The topological polar surface area (TPSA) is 90.2 Å². The van der Waals surface area contributed by atoms with E-state index >= 15 is 4.39 Å². The highest BCUT2D eigenvalue weighted by Gasteiger charge is 2.42. The van der Waals surface area contributed by atoms with Gasteiger partial charge in [0, 0.05) is 24.2 Å². The first-order valence-corrected chi connectivity index (χ1v) is 13.1. The number of unbranched alkanes of at least 4 members (excludes halogenated alkanes) is 1. The molecule has 0 aromatic heterocycles. The molecule has 1 aliphatic rings. The molecule has 9 heteroatoms. The number of carboxylic acids is 1. The number of halogens is 1. The van der Waals surface area contributed by atoms with Crippen LogP contribution in [0, 0.1) is 5.92 Å². The highest BCUT2D eigenvalue weighted by molar-refractivity contribution is 8.24. The molecule has 0 spiro atoms. The molecule has 0 bridgehead atoms. The van der Waals surface area contributed by atoms with E-state index < -0.39 is 28.0 Å². The first-order chi connectivity index (χ1) is 15.3. The van der Waals surface area contributed by atoms with Crippen molar-refractivity contribution in [2.45, 2.75) is 41.5 Å². The van der Waals surface area contributed by atoms with Crippen molar-refractivity contribution in [2.24, 2.45) is 5.92 Å². The summed E-state index contributed by atoms with van der Waals surface area (Å²) in [7, 11) is -3.80. The number of benzene rings is 2. The number of aliphatic carboxylic acids is 1. The Balaban J connectivity index is 2.17. The number of carbonyl (C=O) groups is 1. The van der Waals surface area contributed by atoms with Crippen LogP contribution in [0.2, 0.25) is 0 Å². The van der Waals surface area contributed by atoms with Gasteiger partial charge in [0.15, 0.2) is 5.50 Å². The van der Waals surface area contributed by atoms with Crippen LogP contribution in [0.15, 0.2) is 64.6 Å². The summed E-state index contributed by atoms with van der Waals surface area (Å²) in [4.78, 5) is 13.4. The second-order valence-electron chi connectivity index (χ2n) is 7.52. The maximum atomic E-state index is 15.6. The highest BCUT2D eigenvalue weighted by atomic mass is 32.3. The van der Waals surface area contributed by atoms with E-state index in [0.29, 0.717) is 23.5 Å². The maximum absolute atomic E-state index is 15.6. The Labute approximate surface area is 193 Å². The van der Waals surface area contributed by atoms with E-state index in [4.69, 9.17) is 9.84 Å². The van der Waals surface area contributed by atoms with Gasteiger partial charge in [-0.3, -0.25) is 9.11 Å². The van der Waals surface area contributed by atoms with E-state index in [9.17, 15) is 13.9 Å². The number of thioether (sulfide) groups is 1. The molecule has 3 rings (SSSR count). The molecule has 1 aliphatic heterocycles. The van der Waals surface area contributed by atoms with Crippen LogP contribution in [-0.4, -0.2) is 38.5 Å². The lowest BCUT2D eigenvalue weighted by Gasteiger charge is -2.37. The summed E-state index contributed by atoms with van der Waals surface area (Å²) >= 11 is 1.37. The van der Waals surface area contributed by atoms with Gasteiger partial charge in [0.25, 0.3) is 0 Å². The fraction of sp³-hybridized carbons (Fsp3) is 0.348. The number of fused-ring (bicyclic) bond motifs is 1. The van der Waals surface area contributed by atoms with E-state index in [0.717, 1.165) is 30.9 Å². The van der Waals surface area contributed by atoms with E-state index in [1.807, 2.05) is 48.4 Å². The summed E-state index contributed by atoms with van der Waals surface area (Å²) < 4.78 is 43.2. The van der Waals surface area contributed by atoms with Gasteiger partial charge in [-0.15, -0.1) is 22.4 Å². The number of alkyl halides is 1. The van der Waals surface area contributed by atoms with Gasteiger partial charge in [0.1, 0.15) is 5.75 Å². The lowest BCUT2D eigenvalue weighted by molar-refractivity contribution is -0.131. The van der Waals surface area contributed by atoms with Crippen LogP contribution in [0.3, 0.4) is 0 Å². The van der Waals surface area contributed by atoms with Crippen molar-refractivity contribution in [3.63, 3.8) is 0 Å². The van der Waals surface area contributed by atoms with Crippen molar-refractivity contribution in [1.29, 1.82) is 0 Å². The number of rotatable bonds is 8. The van der Waals surface area contributed by atoms with E-state index in [1.165, 1.54) is 17.8 Å². The standard InChI is InChI=1S/C23H28FNO5S2/c1-3-4-8-16-15-25(17-9-6-5-7-10-17)18-13-20(31-2)19(30-12-11-22(26)27)14-21(18)32(28,29)23(16)24/h5-7,9-14,16,23,28-29H,3-4,8,15H2,1-2H3,(H,26,27)/b12-11+/t16-,23+/m1/s1. The summed E-state index contributed by atoms with van der Waals surface area (Å²) in [6.07, 6.45) is 5.88. The second kappa shape index (κ2) is 10.6. The van der Waals surface area contributed by atoms with Gasteiger partial charge in [-0.1, -0.05) is 38.0 Å². The summed E-state index contributed by atoms with van der Waals surface area (Å²) in [5.74, 6) is -1.50. The van der Waals surface area contributed by atoms with Crippen LogP contribution >= 0.6 is 22.4 Å². The fourth-order valence-corrected chi connectivity index (χ4v) is 6.04. The van der Waals surface area contributed by atoms with Gasteiger partial charge < -0.3 is 14.7 Å². The molecule has 32 heavy (non-hydrogen) atoms. The van der Waals surface area contributed by atoms with Crippen molar-refractivity contribution < 1.29 is 28.1 Å². The van der Waals surface area contributed by atoms with E-state index in [1.54, 1.807) is 6.07 Å². The zero-order valence-corrected chi connectivity index (χ0v) is 19.6. The largest absolute Gasteiger partial charge is 0.478 e. The van der Waals surface area contributed by atoms with Crippen molar-refractivity contribution in [2.75, 3.05) is 17.7 Å². The number of anilines is 2. The molecule has 174 valence electrons. The average molecular weight is 482 g/mol. The molecule has 2 aromatic rings. The minimum absolute atomic E-state index is 0.0596. The second-order valence-corrected chi connectivity index (χ2v) is 10.4. The minimum atomic E-state index is -3.80. The zero-order chi connectivity index (χ0) is 23.3. The van der Waals surface area contributed by atoms with Crippen LogP contribution in [-0.2, 0) is 4.79 Å². The van der Waals surface area contributed by atoms with Crippen LogP contribution in [0.25, 0.3) is 0 Å². The smallest absolute Gasteiger partial charge is 0.331 e. The molecule has 2 atom stereocenters. The molecule has 0 unspecified atom stereocenters. The van der Waals surface area contributed by atoms with Crippen LogP contribution in [0.5, 0.6) is 5.75 Å². The number of hydrogen-bond acceptors (Lipinski definition) is 6. The lowest BCUT2D eigenvalue weighted by Crippen LogP contribution is -2.30. The molecular formula is C23H28FNO5S2. The van der Waals surface area contributed by atoms with Gasteiger partial charge in [-0.25, -0.2) is 9.18 Å². The Morgan fingerprint density at radius 2 is 2.03 bits per heavy atom. The van der Waals surface area contributed by atoms with Crippen LogP contribution < -0.4 is 9.64 Å². The average Bonchev–Trinajstić information content (AvgIpc) is 2.86. The predicted molar refractivity (Wildman–Crippen MR) is 128 cm³/mol. The predicted octanol–water partition coefficient (Wildman–Crippen LogP) is 6.75. The maximum Gasteiger partial charge on any atom is 0.331 e. The number of nitrogens with zero attached hydrogens (tertiary/aromatic N) is 1. The van der Waals surface area contributed by atoms with E-state index in [-0.39, 0.29) is 10.6 Å². The molecule has 0 amide bonds. The molecule has 0 saturated carbocycles. The SMILES string of the molecule is CCCC[C@@H]1CN(c2ccccc2)c2cc(SC)c(O/C=C/C(=O)O)cc2S(O)(O)[C@@H]1F. The van der Waals surface area contributed by atoms with Gasteiger partial charge in [0.2, 0.25) is 0 Å². The Bertz CT molecular complexity index is 970. The van der Waals surface area contributed by atoms with E-state index in [2.05, 4.69) is 0 Å². The molecule has 0 aliphatic carbocycles. The van der Waals surface area contributed by atoms with Crippen molar-refractivity contribution >= 4 is 39.7 Å². The number of hydrogen-bond donors (Lipinski definition) is 3. The first-order valence-electron chi connectivity index (χ1n) is 10.3. The summed E-state index contributed by atoms with van der Waals surface area (Å²) in [6.45, 7) is 2.33. The molecule has 0 radical (unpaired) electrons. The molecule has 0 saturated heterocycles. The number of ether oxygens (including phenoxy) is 1. The number of para-hydroxylation sites is 1. The zero-order valence-electron chi connectivity index (χ0n) is 18.0. The van der Waals surface area contributed by atoms with Crippen molar-refractivity contribution in [3.8, 4) is 5.75 Å². The monoisotopic (exact) mass is 481 g/mol. The lowest BCUT2D eigenvalue weighted by atomic mass is 10.0. The Morgan fingerprint density at radius 1 is 1.31 bits per heavy atom. The Kier molecular flexibility index (Phi) is 8.10. The molecular weight excluding hydrogens is 453 g/mol.